The number of hydrogen-bond donors (Lipinski definition) is 2. The molecular formula is C34H39N3O4. The number of benzene rings is 2. The van der Waals surface area contributed by atoms with Gasteiger partial charge < -0.3 is 20.3 Å². The molecule has 0 bridgehead atoms. The van der Waals surface area contributed by atoms with Crippen molar-refractivity contribution in [2.75, 3.05) is 11.4 Å². The first kappa shape index (κ1) is 28.5. The summed E-state index contributed by atoms with van der Waals surface area (Å²) in [7, 11) is 0. The van der Waals surface area contributed by atoms with E-state index in [2.05, 4.69) is 34.6 Å². The van der Waals surface area contributed by atoms with Gasteiger partial charge in [-0.2, -0.15) is 0 Å². The monoisotopic (exact) mass is 553 g/mol. The van der Waals surface area contributed by atoms with Gasteiger partial charge in [-0.3, -0.25) is 9.59 Å². The fourth-order valence-electron chi connectivity index (χ4n) is 5.91. The van der Waals surface area contributed by atoms with Gasteiger partial charge in [0.1, 0.15) is 6.10 Å². The van der Waals surface area contributed by atoms with Crippen molar-refractivity contribution in [3.63, 3.8) is 0 Å². The van der Waals surface area contributed by atoms with Crippen LogP contribution in [0.1, 0.15) is 80.9 Å². The Bertz CT molecular complexity index is 1340. The SMILES string of the molecule is O=C(NC1CCCC(C(=O)NCC(=O)N2Cc3ccccc3C#Cc3ccccc32)CC1)O[C@@H]1CC/C=C/CCC1. The number of hydrogen-bond acceptors (Lipinski definition) is 4. The summed E-state index contributed by atoms with van der Waals surface area (Å²) in [5.41, 5.74) is 3.41. The van der Waals surface area contributed by atoms with E-state index in [0.29, 0.717) is 19.4 Å². The molecule has 214 valence electrons. The molecule has 0 spiro atoms. The second-order valence-corrected chi connectivity index (χ2v) is 11.2. The maximum absolute atomic E-state index is 13.5. The quantitative estimate of drug-likeness (QED) is 0.286. The molecule has 2 aromatic rings. The van der Waals surface area contributed by atoms with Gasteiger partial charge in [0.05, 0.1) is 18.8 Å². The molecule has 0 radical (unpaired) electrons. The number of amides is 3. The number of alkyl carbamates (subject to hydrolysis) is 1. The molecule has 2 aromatic carbocycles. The maximum Gasteiger partial charge on any atom is 0.407 e. The van der Waals surface area contributed by atoms with Gasteiger partial charge in [0.15, 0.2) is 0 Å². The lowest BCUT2D eigenvalue weighted by molar-refractivity contribution is -0.128. The van der Waals surface area contributed by atoms with Gasteiger partial charge in [-0.15, -0.1) is 0 Å². The van der Waals surface area contributed by atoms with Crippen LogP contribution in [0.5, 0.6) is 0 Å². The minimum absolute atomic E-state index is 0.00547. The number of allylic oxidation sites excluding steroid dienone is 2. The summed E-state index contributed by atoms with van der Waals surface area (Å²) in [6, 6.07) is 15.5. The Morgan fingerprint density at radius 1 is 0.829 bits per heavy atom. The predicted octanol–water partition coefficient (Wildman–Crippen LogP) is 5.61. The summed E-state index contributed by atoms with van der Waals surface area (Å²) in [6.45, 7) is 0.310. The zero-order valence-corrected chi connectivity index (χ0v) is 23.6. The lowest BCUT2D eigenvalue weighted by atomic mass is 9.99. The van der Waals surface area contributed by atoms with Crippen LogP contribution in [0, 0.1) is 17.8 Å². The summed E-state index contributed by atoms with van der Waals surface area (Å²) >= 11 is 0. The number of carbonyl (C=O) groups is 3. The first-order valence-corrected chi connectivity index (χ1v) is 15.0. The smallest absolute Gasteiger partial charge is 0.407 e. The van der Waals surface area contributed by atoms with Gasteiger partial charge in [0.2, 0.25) is 11.8 Å². The van der Waals surface area contributed by atoms with Crippen LogP contribution >= 0.6 is 0 Å². The van der Waals surface area contributed by atoms with Crippen molar-refractivity contribution >= 4 is 23.6 Å². The molecule has 5 rings (SSSR count). The number of nitrogens with one attached hydrogen (secondary N) is 2. The summed E-state index contributed by atoms with van der Waals surface area (Å²) in [4.78, 5) is 40.9. The molecule has 0 saturated heterocycles. The predicted molar refractivity (Wildman–Crippen MR) is 159 cm³/mol. The topological polar surface area (TPSA) is 87.7 Å². The molecule has 7 nitrogen and oxygen atoms in total. The second-order valence-electron chi connectivity index (χ2n) is 11.2. The standard InChI is InChI=1S/C34H39N3O4/c38-32(37-24-28-13-7-6-11-25(28)19-20-26-12-8-9-18-31(26)37)23-35-33(39)27-14-10-15-29(22-21-27)36-34(40)41-30-16-4-2-1-3-5-17-30/h1-2,6-9,11-13,18,27,29-30H,3-5,10,14-17,21-24H2,(H,35,39)(H,36,40)/b2-1+/t27?,29?,30-/m1/s1. The molecule has 7 heteroatoms. The van der Waals surface area contributed by atoms with E-state index in [9.17, 15) is 14.4 Å². The number of fused-ring (bicyclic) bond motifs is 2. The minimum atomic E-state index is -0.349. The molecule has 2 unspecified atom stereocenters. The first-order valence-electron chi connectivity index (χ1n) is 15.0. The highest BCUT2D eigenvalue weighted by Crippen LogP contribution is 2.26. The zero-order valence-electron chi connectivity index (χ0n) is 23.6. The molecule has 1 fully saturated rings. The highest BCUT2D eigenvalue weighted by Gasteiger charge is 2.27. The zero-order chi connectivity index (χ0) is 28.4. The number of anilines is 1. The van der Waals surface area contributed by atoms with E-state index in [0.717, 1.165) is 73.7 Å². The normalized spacial score (nSPS) is 22.8. The number of nitrogens with zero attached hydrogens (tertiary/aromatic N) is 1. The van der Waals surface area contributed by atoms with Crippen LogP contribution in [0.15, 0.2) is 60.7 Å². The Morgan fingerprint density at radius 2 is 1.61 bits per heavy atom. The highest BCUT2D eigenvalue weighted by molar-refractivity contribution is 5.98. The van der Waals surface area contributed by atoms with Crippen LogP contribution in [-0.4, -0.2) is 36.6 Å². The Balaban J connectivity index is 1.13. The fourth-order valence-corrected chi connectivity index (χ4v) is 5.91. The van der Waals surface area contributed by atoms with Crippen molar-refractivity contribution in [1.82, 2.24) is 10.6 Å². The van der Waals surface area contributed by atoms with Gasteiger partial charge >= 0.3 is 6.09 Å². The van der Waals surface area contributed by atoms with Crippen molar-refractivity contribution in [3.05, 3.63) is 77.4 Å². The summed E-state index contributed by atoms with van der Waals surface area (Å²) < 4.78 is 5.72. The van der Waals surface area contributed by atoms with E-state index in [1.54, 1.807) is 4.90 Å². The van der Waals surface area contributed by atoms with E-state index >= 15 is 0 Å². The van der Waals surface area contributed by atoms with E-state index in [1.165, 1.54) is 0 Å². The highest BCUT2D eigenvalue weighted by atomic mass is 16.6. The summed E-state index contributed by atoms with van der Waals surface area (Å²) in [5.74, 6) is 5.96. The van der Waals surface area contributed by atoms with E-state index in [4.69, 9.17) is 4.74 Å². The number of ether oxygens (including phenoxy) is 1. The molecule has 2 N–H and O–H groups in total. The van der Waals surface area contributed by atoms with E-state index in [-0.39, 0.29) is 42.5 Å². The molecule has 0 aromatic heterocycles. The lowest BCUT2D eigenvalue weighted by Crippen LogP contribution is -2.42. The Morgan fingerprint density at radius 3 is 2.51 bits per heavy atom. The largest absolute Gasteiger partial charge is 0.446 e. The van der Waals surface area contributed by atoms with Crippen LogP contribution in [0.25, 0.3) is 0 Å². The van der Waals surface area contributed by atoms with Crippen LogP contribution < -0.4 is 15.5 Å². The van der Waals surface area contributed by atoms with Gasteiger partial charge in [-0.1, -0.05) is 60.7 Å². The number of para-hydroxylation sites is 1. The van der Waals surface area contributed by atoms with Crippen LogP contribution in [0.3, 0.4) is 0 Å². The third-order valence-corrected chi connectivity index (χ3v) is 8.24. The van der Waals surface area contributed by atoms with Gasteiger partial charge in [-0.25, -0.2) is 4.79 Å². The van der Waals surface area contributed by atoms with Crippen molar-refractivity contribution in [3.8, 4) is 11.8 Å². The van der Waals surface area contributed by atoms with Gasteiger partial charge in [0.25, 0.3) is 0 Å². The van der Waals surface area contributed by atoms with Crippen molar-refractivity contribution < 1.29 is 19.1 Å². The fraction of sp³-hybridized carbons (Fsp3) is 0.441. The summed E-state index contributed by atoms with van der Waals surface area (Å²) in [5, 5.41) is 5.95. The van der Waals surface area contributed by atoms with Crippen molar-refractivity contribution in [1.29, 1.82) is 0 Å². The first-order chi connectivity index (χ1) is 20.1. The second kappa shape index (κ2) is 14.0. The van der Waals surface area contributed by atoms with Crippen LogP contribution in [0.2, 0.25) is 0 Å². The minimum Gasteiger partial charge on any atom is -0.446 e. The molecular weight excluding hydrogens is 514 g/mol. The molecule has 3 amide bonds. The van der Waals surface area contributed by atoms with E-state index in [1.807, 2.05) is 48.5 Å². The molecule has 1 saturated carbocycles. The van der Waals surface area contributed by atoms with Crippen LogP contribution in [0.4, 0.5) is 10.5 Å². The lowest BCUT2D eigenvalue weighted by Gasteiger charge is -2.26. The molecule has 3 atom stereocenters. The van der Waals surface area contributed by atoms with Gasteiger partial charge in [-0.05, 0) is 81.5 Å². The number of rotatable bonds is 5. The third-order valence-electron chi connectivity index (χ3n) is 8.24. The Hall–Kier alpha value is -4.05. The molecule has 41 heavy (non-hydrogen) atoms. The Labute approximate surface area is 242 Å². The van der Waals surface area contributed by atoms with E-state index < -0.39 is 0 Å². The third kappa shape index (κ3) is 7.79. The summed E-state index contributed by atoms with van der Waals surface area (Å²) in [6.07, 6.45) is 12.5. The maximum atomic E-state index is 13.5. The number of carbonyl (C=O) groups excluding carboxylic acids is 3. The van der Waals surface area contributed by atoms with Crippen molar-refractivity contribution in [2.24, 2.45) is 5.92 Å². The van der Waals surface area contributed by atoms with Crippen LogP contribution in [-0.2, 0) is 20.9 Å². The van der Waals surface area contributed by atoms with Crippen molar-refractivity contribution in [2.45, 2.75) is 82.9 Å². The molecule has 2 aliphatic carbocycles. The average Bonchev–Trinajstić information content (AvgIpc) is 3.20. The molecule has 1 heterocycles. The molecule has 3 aliphatic rings. The Kier molecular flexibility index (Phi) is 9.74. The average molecular weight is 554 g/mol. The molecule has 1 aliphatic heterocycles. The van der Waals surface area contributed by atoms with Gasteiger partial charge in [0, 0.05) is 23.1 Å².